The third kappa shape index (κ3) is 5.57. The number of alkyl halides is 3. The van der Waals surface area contributed by atoms with Gasteiger partial charge in [-0.2, -0.15) is 13.2 Å². The van der Waals surface area contributed by atoms with Crippen LogP contribution in [0.1, 0.15) is 18.4 Å². The van der Waals surface area contributed by atoms with E-state index >= 15 is 0 Å². The zero-order chi connectivity index (χ0) is 23.4. The highest BCUT2D eigenvalue weighted by Crippen LogP contribution is 2.43. The molecule has 178 valence electrons. The summed E-state index contributed by atoms with van der Waals surface area (Å²) in [6.45, 7) is 5.16. The standard InChI is InChI=1S/C19H25FN2O3.C2HF3O2/c20-16-4-2-1-3-15(16)13-21-7-5-17-19(14-21,6-10-25-17)18(23)22-8-11-24-12-9-22;3-2(4,5)1(6)7/h1-4,17H,5-14H2;(H,6,7)/t17-,19-;/m1./s1. The summed E-state index contributed by atoms with van der Waals surface area (Å²) in [4.78, 5) is 26.3. The molecule has 3 saturated heterocycles. The molecule has 3 aliphatic heterocycles. The van der Waals surface area contributed by atoms with Crippen molar-refractivity contribution < 1.29 is 41.7 Å². The molecule has 7 nitrogen and oxygen atoms in total. The SMILES string of the molecule is O=C(N1CCOCC1)[C@@]12CCO[C@@H]1CCN(Cc1ccccc1F)C2.O=C(O)C(F)(F)F. The number of morpholine rings is 1. The first-order chi connectivity index (χ1) is 15.1. The van der Waals surface area contributed by atoms with Crippen LogP contribution >= 0.6 is 0 Å². The van der Waals surface area contributed by atoms with Crippen molar-refractivity contribution in [3.05, 3.63) is 35.6 Å². The summed E-state index contributed by atoms with van der Waals surface area (Å²) in [6, 6.07) is 6.89. The molecule has 0 aromatic heterocycles. The lowest BCUT2D eigenvalue weighted by Crippen LogP contribution is -2.59. The van der Waals surface area contributed by atoms with Crippen molar-refractivity contribution in [1.82, 2.24) is 9.80 Å². The van der Waals surface area contributed by atoms with Gasteiger partial charge in [-0.15, -0.1) is 0 Å². The fourth-order valence-corrected chi connectivity index (χ4v) is 4.42. The normalized spacial score (nSPS) is 26.1. The summed E-state index contributed by atoms with van der Waals surface area (Å²) in [6.07, 6.45) is -3.52. The molecule has 4 rings (SSSR count). The number of ether oxygens (including phenoxy) is 2. The van der Waals surface area contributed by atoms with Gasteiger partial charge < -0.3 is 19.5 Å². The van der Waals surface area contributed by atoms with Crippen LogP contribution in [-0.2, 0) is 25.6 Å². The van der Waals surface area contributed by atoms with Crippen LogP contribution in [0.15, 0.2) is 24.3 Å². The van der Waals surface area contributed by atoms with E-state index in [1.807, 2.05) is 17.0 Å². The Bertz CT molecular complexity index is 816. The Morgan fingerprint density at radius 2 is 1.78 bits per heavy atom. The molecule has 3 fully saturated rings. The van der Waals surface area contributed by atoms with Crippen molar-refractivity contribution in [2.24, 2.45) is 5.41 Å². The van der Waals surface area contributed by atoms with E-state index in [0.29, 0.717) is 51.6 Å². The number of hydrogen-bond acceptors (Lipinski definition) is 5. The van der Waals surface area contributed by atoms with Crippen molar-refractivity contribution in [2.75, 3.05) is 46.0 Å². The summed E-state index contributed by atoms with van der Waals surface area (Å²) >= 11 is 0. The number of aliphatic carboxylic acids is 1. The number of amides is 1. The number of piperidine rings is 1. The summed E-state index contributed by atoms with van der Waals surface area (Å²) in [5.74, 6) is -2.75. The van der Waals surface area contributed by atoms with Crippen molar-refractivity contribution in [3.8, 4) is 0 Å². The molecule has 11 heteroatoms. The second-order valence-electron chi connectivity index (χ2n) is 8.06. The van der Waals surface area contributed by atoms with E-state index in [2.05, 4.69) is 4.90 Å². The highest BCUT2D eigenvalue weighted by atomic mass is 19.4. The lowest BCUT2D eigenvalue weighted by molar-refractivity contribution is -0.192. The van der Waals surface area contributed by atoms with E-state index in [9.17, 15) is 22.4 Å². The van der Waals surface area contributed by atoms with Crippen LogP contribution < -0.4 is 0 Å². The van der Waals surface area contributed by atoms with Crippen LogP contribution in [-0.4, -0.2) is 85.1 Å². The van der Waals surface area contributed by atoms with Gasteiger partial charge in [0.2, 0.25) is 5.91 Å². The lowest BCUT2D eigenvalue weighted by atomic mass is 9.75. The van der Waals surface area contributed by atoms with Crippen LogP contribution in [0.4, 0.5) is 17.6 Å². The van der Waals surface area contributed by atoms with Gasteiger partial charge >= 0.3 is 12.1 Å². The van der Waals surface area contributed by atoms with Crippen molar-refractivity contribution >= 4 is 11.9 Å². The monoisotopic (exact) mass is 462 g/mol. The average molecular weight is 462 g/mol. The van der Waals surface area contributed by atoms with Crippen LogP contribution in [0, 0.1) is 11.2 Å². The van der Waals surface area contributed by atoms with E-state index in [1.165, 1.54) is 6.07 Å². The Morgan fingerprint density at radius 1 is 1.12 bits per heavy atom. The number of carbonyl (C=O) groups is 2. The Hall–Kier alpha value is -2.24. The molecule has 0 unspecified atom stereocenters. The summed E-state index contributed by atoms with van der Waals surface area (Å²) < 4.78 is 57.1. The third-order valence-electron chi connectivity index (χ3n) is 6.02. The molecule has 32 heavy (non-hydrogen) atoms. The molecule has 1 amide bonds. The predicted octanol–water partition coefficient (Wildman–Crippen LogP) is 2.30. The molecule has 0 spiro atoms. The molecule has 3 heterocycles. The first-order valence-corrected chi connectivity index (χ1v) is 10.4. The number of likely N-dealkylation sites (tertiary alicyclic amines) is 1. The third-order valence-corrected chi connectivity index (χ3v) is 6.02. The molecular formula is C21H26F4N2O5. The Morgan fingerprint density at radius 3 is 2.41 bits per heavy atom. The maximum atomic E-state index is 14.0. The number of hydrogen-bond donors (Lipinski definition) is 1. The minimum Gasteiger partial charge on any atom is -0.475 e. The maximum Gasteiger partial charge on any atom is 0.490 e. The smallest absolute Gasteiger partial charge is 0.475 e. The van der Waals surface area contributed by atoms with Crippen molar-refractivity contribution in [1.29, 1.82) is 0 Å². The molecule has 0 aliphatic carbocycles. The zero-order valence-corrected chi connectivity index (χ0v) is 17.4. The number of nitrogens with zero attached hydrogens (tertiary/aromatic N) is 2. The highest BCUT2D eigenvalue weighted by Gasteiger charge is 2.54. The molecule has 1 N–H and O–H groups in total. The average Bonchev–Trinajstić information content (AvgIpc) is 3.19. The number of rotatable bonds is 3. The number of carboxylic acids is 1. The molecule has 1 aromatic carbocycles. The topological polar surface area (TPSA) is 79.3 Å². The summed E-state index contributed by atoms with van der Waals surface area (Å²) in [5, 5.41) is 7.12. The summed E-state index contributed by atoms with van der Waals surface area (Å²) in [5.41, 5.74) is 0.203. The fraction of sp³-hybridized carbons (Fsp3) is 0.619. The Labute approximate surface area is 182 Å². The van der Waals surface area contributed by atoms with Gasteiger partial charge in [0.25, 0.3) is 0 Å². The van der Waals surface area contributed by atoms with Gasteiger partial charge in [-0.25, -0.2) is 9.18 Å². The number of halogens is 4. The highest BCUT2D eigenvalue weighted by molar-refractivity contribution is 5.84. The molecule has 1 aromatic rings. The number of benzene rings is 1. The van der Waals surface area contributed by atoms with Gasteiger partial charge in [0.05, 0.1) is 24.7 Å². The molecule has 2 atom stereocenters. The van der Waals surface area contributed by atoms with Gasteiger partial charge in [0.1, 0.15) is 5.82 Å². The van der Waals surface area contributed by atoms with Crippen LogP contribution in [0.25, 0.3) is 0 Å². The van der Waals surface area contributed by atoms with Crippen LogP contribution in [0.2, 0.25) is 0 Å². The van der Waals surface area contributed by atoms with Gasteiger partial charge in [0, 0.05) is 44.9 Å². The molecule has 0 radical (unpaired) electrons. The van der Waals surface area contributed by atoms with Crippen LogP contribution in [0.3, 0.4) is 0 Å². The van der Waals surface area contributed by atoms with E-state index in [-0.39, 0.29) is 17.8 Å². The first-order valence-electron chi connectivity index (χ1n) is 10.4. The van der Waals surface area contributed by atoms with Gasteiger partial charge in [-0.05, 0) is 18.9 Å². The largest absolute Gasteiger partial charge is 0.490 e. The predicted molar refractivity (Wildman–Crippen MR) is 104 cm³/mol. The Balaban J connectivity index is 0.000000360. The molecule has 0 bridgehead atoms. The number of carboxylic acid groups (broad SMARTS) is 1. The van der Waals surface area contributed by atoms with E-state index in [4.69, 9.17) is 19.4 Å². The summed E-state index contributed by atoms with van der Waals surface area (Å²) in [7, 11) is 0. The zero-order valence-electron chi connectivity index (χ0n) is 17.4. The maximum absolute atomic E-state index is 14.0. The van der Waals surface area contributed by atoms with E-state index in [0.717, 1.165) is 19.4 Å². The van der Waals surface area contributed by atoms with E-state index < -0.39 is 17.6 Å². The molecule has 0 saturated carbocycles. The van der Waals surface area contributed by atoms with Crippen molar-refractivity contribution in [2.45, 2.75) is 31.7 Å². The van der Waals surface area contributed by atoms with Gasteiger partial charge in [-0.3, -0.25) is 9.69 Å². The number of carbonyl (C=O) groups excluding carboxylic acids is 1. The second-order valence-corrected chi connectivity index (χ2v) is 8.06. The lowest BCUT2D eigenvalue weighted by Gasteiger charge is -2.45. The second kappa shape index (κ2) is 10.1. The molecule has 3 aliphatic rings. The van der Waals surface area contributed by atoms with E-state index in [1.54, 1.807) is 6.07 Å². The first kappa shape index (κ1) is 24.4. The van der Waals surface area contributed by atoms with Crippen molar-refractivity contribution in [3.63, 3.8) is 0 Å². The molecular weight excluding hydrogens is 436 g/mol. The van der Waals surface area contributed by atoms with Crippen LogP contribution in [0.5, 0.6) is 0 Å². The van der Waals surface area contributed by atoms with Gasteiger partial charge in [0.15, 0.2) is 0 Å². The minimum absolute atomic E-state index is 0.0142. The quantitative estimate of drug-likeness (QED) is 0.695. The van der Waals surface area contributed by atoms with Gasteiger partial charge in [-0.1, -0.05) is 18.2 Å². The Kier molecular flexibility index (Phi) is 7.73. The minimum atomic E-state index is -5.08. The fourth-order valence-electron chi connectivity index (χ4n) is 4.42. The number of fused-ring (bicyclic) bond motifs is 1.